The highest BCUT2D eigenvalue weighted by Crippen LogP contribution is 2.11. The fourth-order valence-electron chi connectivity index (χ4n) is 1.35. The number of ether oxygens (including phenoxy) is 2. The van der Waals surface area contributed by atoms with Gasteiger partial charge in [-0.1, -0.05) is 0 Å². The van der Waals surface area contributed by atoms with Gasteiger partial charge in [-0.3, -0.25) is 10.2 Å². The Morgan fingerprint density at radius 1 is 1.42 bits per heavy atom. The lowest BCUT2D eigenvalue weighted by Crippen LogP contribution is -2.33. The Bertz CT molecular complexity index is 525. The van der Waals surface area contributed by atoms with Crippen molar-refractivity contribution in [3.63, 3.8) is 0 Å². The van der Waals surface area contributed by atoms with Crippen LogP contribution < -0.4 is 4.80 Å². The molecular weight excluding hydrogens is 268 g/mol. The summed E-state index contributed by atoms with van der Waals surface area (Å²) < 4.78 is 11.1. The lowest BCUT2D eigenvalue weighted by atomic mass is 10.2. The molecule has 106 valence electrons. The molecule has 0 bridgehead atoms. The average molecular weight is 286 g/mol. The molecule has 0 atom stereocenters. The SMILES string of the molecule is CCOC(=O)Cc1csc(=N)n1C(=O)OC(C)(C)C. The molecule has 1 heterocycles. The molecule has 0 aliphatic carbocycles. The Kier molecular flexibility index (Phi) is 4.88. The number of thiazole rings is 1. The lowest BCUT2D eigenvalue weighted by molar-refractivity contribution is -0.142. The number of hydrogen-bond acceptors (Lipinski definition) is 6. The van der Waals surface area contributed by atoms with E-state index in [-0.39, 0.29) is 17.8 Å². The van der Waals surface area contributed by atoms with Gasteiger partial charge in [0.1, 0.15) is 5.60 Å². The van der Waals surface area contributed by atoms with Crippen LogP contribution >= 0.6 is 11.3 Å². The van der Waals surface area contributed by atoms with Crippen LogP contribution in [0.4, 0.5) is 4.79 Å². The van der Waals surface area contributed by atoms with Crippen molar-refractivity contribution in [1.29, 1.82) is 5.41 Å². The molecule has 1 N–H and O–H groups in total. The smallest absolute Gasteiger partial charge is 0.421 e. The van der Waals surface area contributed by atoms with Crippen LogP contribution in [0, 0.1) is 5.41 Å². The second kappa shape index (κ2) is 6.01. The van der Waals surface area contributed by atoms with E-state index in [1.807, 2.05) is 0 Å². The van der Waals surface area contributed by atoms with Crippen molar-refractivity contribution in [3.8, 4) is 0 Å². The third-order valence-corrected chi connectivity index (χ3v) is 2.80. The monoisotopic (exact) mass is 286 g/mol. The van der Waals surface area contributed by atoms with Gasteiger partial charge in [0, 0.05) is 5.38 Å². The van der Waals surface area contributed by atoms with Gasteiger partial charge in [-0.2, -0.15) is 0 Å². The van der Waals surface area contributed by atoms with E-state index in [4.69, 9.17) is 14.9 Å². The molecular formula is C12H18N2O4S. The van der Waals surface area contributed by atoms with Gasteiger partial charge in [-0.25, -0.2) is 9.36 Å². The van der Waals surface area contributed by atoms with Gasteiger partial charge in [-0.05, 0) is 27.7 Å². The third kappa shape index (κ3) is 4.51. The minimum absolute atomic E-state index is 0.0218. The molecule has 0 unspecified atom stereocenters. The van der Waals surface area contributed by atoms with Crippen molar-refractivity contribution in [3.05, 3.63) is 15.9 Å². The topological polar surface area (TPSA) is 81.4 Å². The summed E-state index contributed by atoms with van der Waals surface area (Å²) in [5.41, 5.74) is -0.248. The Labute approximate surface area is 115 Å². The Morgan fingerprint density at radius 3 is 2.58 bits per heavy atom. The maximum Gasteiger partial charge on any atom is 0.421 e. The van der Waals surface area contributed by atoms with Crippen molar-refractivity contribution in [2.45, 2.75) is 39.7 Å². The number of nitrogens with one attached hydrogen (secondary N) is 1. The molecule has 0 aliphatic rings. The average Bonchev–Trinajstić information content (AvgIpc) is 2.57. The second-order valence-electron chi connectivity index (χ2n) is 4.83. The number of rotatable bonds is 3. The van der Waals surface area contributed by atoms with Gasteiger partial charge in [-0.15, -0.1) is 11.3 Å². The lowest BCUT2D eigenvalue weighted by Gasteiger charge is -2.20. The number of aromatic nitrogens is 1. The molecule has 0 amide bonds. The fraction of sp³-hybridized carbons (Fsp3) is 0.583. The van der Waals surface area contributed by atoms with Gasteiger partial charge in [0.2, 0.25) is 0 Å². The highest BCUT2D eigenvalue weighted by atomic mass is 32.1. The first-order valence-corrected chi connectivity index (χ1v) is 6.75. The molecule has 19 heavy (non-hydrogen) atoms. The quantitative estimate of drug-likeness (QED) is 0.861. The van der Waals surface area contributed by atoms with Crippen LogP contribution in [0.5, 0.6) is 0 Å². The minimum atomic E-state index is -0.655. The summed E-state index contributed by atoms with van der Waals surface area (Å²) in [5.74, 6) is -0.433. The predicted octanol–water partition coefficient (Wildman–Crippen LogP) is 1.92. The number of hydrogen-bond donors (Lipinski definition) is 1. The van der Waals surface area contributed by atoms with Crippen molar-refractivity contribution in [1.82, 2.24) is 4.57 Å². The molecule has 0 saturated carbocycles. The maximum atomic E-state index is 12.0. The van der Waals surface area contributed by atoms with Gasteiger partial charge in [0.25, 0.3) is 0 Å². The molecule has 1 rings (SSSR count). The molecule has 0 saturated heterocycles. The van der Waals surface area contributed by atoms with E-state index in [2.05, 4.69) is 0 Å². The van der Waals surface area contributed by atoms with E-state index in [1.54, 1.807) is 33.1 Å². The molecule has 6 nitrogen and oxygen atoms in total. The normalized spacial score (nSPS) is 11.2. The van der Waals surface area contributed by atoms with E-state index < -0.39 is 17.7 Å². The molecule has 0 aliphatic heterocycles. The summed E-state index contributed by atoms with van der Waals surface area (Å²) in [7, 11) is 0. The van der Waals surface area contributed by atoms with Gasteiger partial charge < -0.3 is 9.47 Å². The first kappa shape index (κ1) is 15.4. The van der Waals surface area contributed by atoms with Gasteiger partial charge in [0.05, 0.1) is 18.7 Å². The zero-order valence-electron chi connectivity index (χ0n) is 11.5. The summed E-state index contributed by atoms with van der Waals surface area (Å²) in [6.45, 7) is 7.22. The van der Waals surface area contributed by atoms with E-state index >= 15 is 0 Å². The van der Waals surface area contributed by atoms with Crippen LogP contribution in [0.3, 0.4) is 0 Å². The van der Waals surface area contributed by atoms with Crippen molar-refractivity contribution >= 4 is 23.4 Å². The summed E-state index contributed by atoms with van der Waals surface area (Å²) in [6, 6.07) is 0. The standard InChI is InChI=1S/C12H18N2O4S/c1-5-17-9(15)6-8-7-19-10(13)14(8)11(16)18-12(2,3)4/h7,13H,5-6H2,1-4H3. The summed E-state index contributed by atoms with van der Waals surface area (Å²) in [6.07, 6.45) is -0.708. The van der Waals surface area contributed by atoms with Crippen molar-refractivity contribution in [2.24, 2.45) is 0 Å². The predicted molar refractivity (Wildman–Crippen MR) is 70.1 cm³/mol. The van der Waals surface area contributed by atoms with Crippen molar-refractivity contribution in [2.75, 3.05) is 6.61 Å². The van der Waals surface area contributed by atoms with E-state index in [9.17, 15) is 9.59 Å². The molecule has 1 aromatic rings. The van der Waals surface area contributed by atoms with Crippen LogP contribution in [0.25, 0.3) is 0 Å². The highest BCUT2D eigenvalue weighted by molar-refractivity contribution is 7.07. The Morgan fingerprint density at radius 2 is 2.05 bits per heavy atom. The molecule has 0 radical (unpaired) electrons. The van der Waals surface area contributed by atoms with Crippen LogP contribution in [0.15, 0.2) is 5.38 Å². The molecule has 0 spiro atoms. The Balaban J connectivity index is 2.95. The molecule has 0 fully saturated rings. The zero-order chi connectivity index (χ0) is 14.6. The first-order chi connectivity index (χ1) is 8.74. The molecule has 0 aromatic carbocycles. The maximum absolute atomic E-state index is 12.0. The number of nitrogens with zero attached hydrogens (tertiary/aromatic N) is 1. The third-order valence-electron chi connectivity index (χ3n) is 2.00. The summed E-state index contributed by atoms with van der Waals surface area (Å²) in [4.78, 5) is 23.4. The van der Waals surface area contributed by atoms with Crippen LogP contribution in [0.2, 0.25) is 0 Å². The number of carbonyl (C=O) groups excluding carboxylic acids is 2. The Hall–Kier alpha value is -1.63. The van der Waals surface area contributed by atoms with Crippen LogP contribution in [-0.4, -0.2) is 28.8 Å². The van der Waals surface area contributed by atoms with Gasteiger partial charge >= 0.3 is 12.1 Å². The van der Waals surface area contributed by atoms with Crippen LogP contribution in [0.1, 0.15) is 33.4 Å². The van der Waals surface area contributed by atoms with E-state index in [1.165, 1.54) is 0 Å². The van der Waals surface area contributed by atoms with E-state index in [0.29, 0.717) is 5.69 Å². The second-order valence-corrected chi connectivity index (χ2v) is 5.69. The first-order valence-electron chi connectivity index (χ1n) is 5.87. The minimum Gasteiger partial charge on any atom is -0.466 e. The highest BCUT2D eigenvalue weighted by Gasteiger charge is 2.22. The summed E-state index contributed by atoms with van der Waals surface area (Å²) >= 11 is 1.07. The largest absolute Gasteiger partial charge is 0.466 e. The zero-order valence-corrected chi connectivity index (χ0v) is 12.3. The number of esters is 1. The fourth-order valence-corrected chi connectivity index (χ4v) is 2.08. The summed E-state index contributed by atoms with van der Waals surface area (Å²) in [5, 5.41) is 9.29. The molecule has 1 aromatic heterocycles. The van der Waals surface area contributed by atoms with Gasteiger partial charge in [0.15, 0.2) is 4.80 Å². The van der Waals surface area contributed by atoms with Crippen LogP contribution in [-0.2, 0) is 20.7 Å². The van der Waals surface area contributed by atoms with Crippen molar-refractivity contribution < 1.29 is 19.1 Å². The molecule has 7 heteroatoms. The van der Waals surface area contributed by atoms with E-state index in [0.717, 1.165) is 15.9 Å². The number of carbonyl (C=O) groups is 2.